The highest BCUT2D eigenvalue weighted by Crippen LogP contribution is 2.34. The number of aromatic hydroxyl groups is 1. The van der Waals surface area contributed by atoms with Crippen LogP contribution in [0.25, 0.3) is 0 Å². The summed E-state index contributed by atoms with van der Waals surface area (Å²) in [5.74, 6) is -1.37. The number of hydrogen-bond donors (Lipinski definition) is 2. The van der Waals surface area contributed by atoms with Gasteiger partial charge in [-0.25, -0.2) is 4.79 Å². The quantitative estimate of drug-likeness (QED) is 0.556. The van der Waals surface area contributed by atoms with Crippen molar-refractivity contribution in [1.29, 1.82) is 0 Å². The molecular weight excluding hydrogens is 380 g/mol. The Morgan fingerprint density at radius 2 is 1.20 bits per heavy atom. The predicted octanol–water partition coefficient (Wildman–Crippen LogP) is 6.74. The van der Waals surface area contributed by atoms with Gasteiger partial charge in [0.25, 0.3) is 0 Å². The van der Waals surface area contributed by atoms with E-state index in [1.807, 2.05) is 0 Å². The van der Waals surface area contributed by atoms with E-state index >= 15 is 0 Å². The molecule has 3 rings (SSSR count). The summed E-state index contributed by atoms with van der Waals surface area (Å²) < 4.78 is 12.7. The molecule has 1 saturated carbocycles. The smallest absolute Gasteiger partial charge is 0.339 e. The molecule has 5 nitrogen and oxygen atoms in total. The maximum absolute atomic E-state index is 11.4. The van der Waals surface area contributed by atoms with Crippen LogP contribution in [0.1, 0.15) is 119 Å². The van der Waals surface area contributed by atoms with E-state index in [4.69, 9.17) is 9.47 Å². The molecule has 0 aromatic heterocycles. The van der Waals surface area contributed by atoms with Gasteiger partial charge in [-0.1, -0.05) is 76.7 Å². The average Bonchev–Trinajstić information content (AvgIpc) is 2.93. The van der Waals surface area contributed by atoms with Gasteiger partial charge in [0.05, 0.1) is 12.2 Å². The van der Waals surface area contributed by atoms with Crippen molar-refractivity contribution < 1.29 is 24.5 Å². The molecule has 1 aliphatic carbocycles. The Morgan fingerprint density at radius 3 is 1.67 bits per heavy atom. The minimum absolute atomic E-state index is 0.105. The van der Waals surface area contributed by atoms with Gasteiger partial charge in [-0.3, -0.25) is 0 Å². The van der Waals surface area contributed by atoms with Crippen molar-refractivity contribution >= 4 is 5.97 Å². The number of ether oxygens (including phenoxy) is 2. The van der Waals surface area contributed by atoms with Crippen LogP contribution in [0, 0.1) is 0 Å². The molecule has 0 radical (unpaired) electrons. The van der Waals surface area contributed by atoms with Gasteiger partial charge in [0.1, 0.15) is 11.3 Å². The molecule has 5 heteroatoms. The molecule has 0 amide bonds. The fourth-order valence-corrected chi connectivity index (χ4v) is 4.68. The Labute approximate surface area is 180 Å². The molecule has 1 aromatic carbocycles. The van der Waals surface area contributed by atoms with Gasteiger partial charge in [0.15, 0.2) is 6.29 Å². The molecule has 2 unspecified atom stereocenters. The summed E-state index contributed by atoms with van der Waals surface area (Å²) in [7, 11) is 0. The normalized spacial score (nSPS) is 27.8. The minimum Gasteiger partial charge on any atom is -0.507 e. The van der Waals surface area contributed by atoms with E-state index in [0.717, 1.165) is 38.5 Å². The van der Waals surface area contributed by atoms with E-state index in [2.05, 4.69) is 0 Å². The standard InChI is InChI=1S/C25H38O5/c26-23-17-14-19(18-22(23)24(27)28)25-29-20-12-10-8-6-4-2-1-3-5-7-9-11-13-21(30-25)16-15-20/h14,17-18,20-21,25-26H,1-13,15-16H2,(H,27,28). The molecule has 2 atom stereocenters. The lowest BCUT2D eigenvalue weighted by atomic mass is 10.0. The molecule has 1 aromatic rings. The Kier molecular flexibility index (Phi) is 9.47. The van der Waals surface area contributed by atoms with Crippen LogP contribution in [0.5, 0.6) is 5.75 Å². The summed E-state index contributed by atoms with van der Waals surface area (Å²) in [4.78, 5) is 11.4. The molecule has 0 spiro atoms. The molecule has 168 valence electrons. The highest BCUT2D eigenvalue weighted by molar-refractivity contribution is 5.90. The largest absolute Gasteiger partial charge is 0.507 e. The lowest BCUT2D eigenvalue weighted by Gasteiger charge is -2.24. The molecule has 2 aliphatic rings. The van der Waals surface area contributed by atoms with E-state index in [9.17, 15) is 15.0 Å². The zero-order chi connectivity index (χ0) is 21.2. The van der Waals surface area contributed by atoms with Crippen molar-refractivity contribution in [3.8, 4) is 5.75 Å². The molecule has 2 bridgehead atoms. The third-order valence-electron chi connectivity index (χ3n) is 6.52. The summed E-state index contributed by atoms with van der Waals surface area (Å²) in [6, 6.07) is 4.64. The maximum Gasteiger partial charge on any atom is 0.339 e. The van der Waals surface area contributed by atoms with Gasteiger partial charge in [-0.15, -0.1) is 0 Å². The molecule has 1 saturated heterocycles. The fraction of sp³-hybridized carbons (Fsp3) is 0.720. The summed E-state index contributed by atoms with van der Waals surface area (Å²) in [6.07, 6.45) is 17.9. The van der Waals surface area contributed by atoms with Gasteiger partial charge in [-0.2, -0.15) is 0 Å². The highest BCUT2D eigenvalue weighted by Gasteiger charge is 2.28. The van der Waals surface area contributed by atoms with E-state index in [0.29, 0.717) is 5.56 Å². The number of hydrogen-bond acceptors (Lipinski definition) is 4. The summed E-state index contributed by atoms with van der Waals surface area (Å²) in [5, 5.41) is 19.2. The number of aromatic carboxylic acids is 1. The van der Waals surface area contributed by atoms with Crippen LogP contribution >= 0.6 is 0 Å². The zero-order valence-corrected chi connectivity index (χ0v) is 18.2. The van der Waals surface area contributed by atoms with E-state index in [-0.39, 0.29) is 23.5 Å². The second kappa shape index (κ2) is 12.3. The van der Waals surface area contributed by atoms with E-state index < -0.39 is 12.3 Å². The third kappa shape index (κ3) is 7.28. The summed E-state index contributed by atoms with van der Waals surface area (Å²) >= 11 is 0. The van der Waals surface area contributed by atoms with Crippen LogP contribution < -0.4 is 0 Å². The number of carboxylic acids is 1. The Morgan fingerprint density at radius 1 is 0.733 bits per heavy atom. The lowest BCUT2D eigenvalue weighted by Crippen LogP contribution is -2.18. The van der Waals surface area contributed by atoms with Gasteiger partial charge in [0.2, 0.25) is 0 Å². The number of fused-ring (bicyclic) bond motifs is 3. The SMILES string of the molecule is O=C(O)c1cc(C2OC3CCCCCCCCCCCCCC(CC3)O2)ccc1O. The van der Waals surface area contributed by atoms with Crippen LogP contribution in [0.2, 0.25) is 0 Å². The van der Waals surface area contributed by atoms with Crippen molar-refractivity contribution in [3.63, 3.8) is 0 Å². The van der Waals surface area contributed by atoms with Crippen molar-refractivity contribution in [2.24, 2.45) is 0 Å². The topological polar surface area (TPSA) is 76.0 Å². The molecule has 1 heterocycles. The molecule has 30 heavy (non-hydrogen) atoms. The molecular formula is C25H38O5. The monoisotopic (exact) mass is 418 g/mol. The van der Waals surface area contributed by atoms with Crippen molar-refractivity contribution in [1.82, 2.24) is 0 Å². The van der Waals surface area contributed by atoms with Gasteiger partial charge in [0, 0.05) is 5.56 Å². The Bertz CT molecular complexity index is 635. The van der Waals surface area contributed by atoms with E-state index in [1.54, 1.807) is 6.07 Å². The van der Waals surface area contributed by atoms with Crippen molar-refractivity contribution in [2.45, 2.75) is 115 Å². The second-order valence-corrected chi connectivity index (χ2v) is 8.97. The first-order chi connectivity index (χ1) is 14.6. The van der Waals surface area contributed by atoms with Crippen molar-refractivity contribution in [3.05, 3.63) is 29.3 Å². The van der Waals surface area contributed by atoms with Crippen LogP contribution in [-0.4, -0.2) is 28.4 Å². The van der Waals surface area contributed by atoms with Crippen LogP contribution in [0.15, 0.2) is 18.2 Å². The molecule has 2 fully saturated rings. The third-order valence-corrected chi connectivity index (χ3v) is 6.52. The zero-order valence-electron chi connectivity index (χ0n) is 18.2. The maximum atomic E-state index is 11.4. The first-order valence-corrected chi connectivity index (χ1v) is 12.0. The fourth-order valence-electron chi connectivity index (χ4n) is 4.68. The highest BCUT2D eigenvalue weighted by atomic mass is 16.7. The predicted molar refractivity (Wildman–Crippen MR) is 117 cm³/mol. The first-order valence-electron chi connectivity index (χ1n) is 12.0. The molecule has 1 aliphatic heterocycles. The van der Waals surface area contributed by atoms with Gasteiger partial charge >= 0.3 is 5.97 Å². The Hall–Kier alpha value is -1.59. The van der Waals surface area contributed by atoms with Gasteiger partial charge in [-0.05, 0) is 37.8 Å². The molecule has 2 N–H and O–H groups in total. The van der Waals surface area contributed by atoms with Crippen molar-refractivity contribution in [2.75, 3.05) is 0 Å². The minimum atomic E-state index is -1.14. The second-order valence-electron chi connectivity index (χ2n) is 8.97. The number of phenols is 1. The first kappa shape index (κ1) is 23.1. The van der Waals surface area contributed by atoms with Gasteiger partial charge < -0.3 is 19.7 Å². The Balaban J connectivity index is 1.71. The number of benzene rings is 1. The number of carbonyl (C=O) groups is 1. The van der Waals surface area contributed by atoms with Crippen LogP contribution in [0.3, 0.4) is 0 Å². The van der Waals surface area contributed by atoms with Crippen LogP contribution in [-0.2, 0) is 9.47 Å². The lowest BCUT2D eigenvalue weighted by molar-refractivity contribution is -0.182. The summed E-state index contributed by atoms with van der Waals surface area (Å²) in [5.41, 5.74) is 0.572. The van der Waals surface area contributed by atoms with Crippen LogP contribution in [0.4, 0.5) is 0 Å². The number of carboxylic acid groups (broad SMARTS) is 1. The average molecular weight is 419 g/mol. The van der Waals surface area contributed by atoms with E-state index in [1.165, 1.54) is 69.9 Å². The number of rotatable bonds is 2. The summed E-state index contributed by atoms with van der Waals surface area (Å²) in [6.45, 7) is 0.